The molecule has 0 atom stereocenters. The molecule has 0 saturated heterocycles. The van der Waals surface area contributed by atoms with E-state index in [0.717, 1.165) is 5.69 Å². The Morgan fingerprint density at radius 3 is 1.43 bits per heavy atom. The second-order valence-electron chi connectivity index (χ2n) is 7.68. The highest BCUT2D eigenvalue weighted by Gasteiger charge is 2.01. The molecule has 0 radical (unpaired) electrons. The summed E-state index contributed by atoms with van der Waals surface area (Å²) in [5, 5.41) is 0. The maximum atomic E-state index is 12.4. The molecule has 3 rings (SSSR count). The highest BCUT2D eigenvalue weighted by molar-refractivity contribution is 5.18. The van der Waals surface area contributed by atoms with Crippen LogP contribution in [0.1, 0.15) is 76.4 Å². The van der Waals surface area contributed by atoms with Gasteiger partial charge in [0.15, 0.2) is 5.82 Å². The Bertz CT molecular complexity index is 727. The molecule has 30 heavy (non-hydrogen) atoms. The van der Waals surface area contributed by atoms with Crippen molar-refractivity contribution < 1.29 is 13.2 Å². The molecule has 0 amide bonds. The lowest BCUT2D eigenvalue weighted by Crippen LogP contribution is -1.96. The molecule has 0 spiro atoms. The molecule has 0 unspecified atom stereocenters. The first-order chi connectivity index (χ1) is 14.1. The zero-order chi connectivity index (χ0) is 22.7. The van der Waals surface area contributed by atoms with Crippen molar-refractivity contribution in [2.75, 3.05) is 0 Å². The van der Waals surface area contributed by atoms with Crippen LogP contribution in [0.5, 0.6) is 0 Å². The van der Waals surface area contributed by atoms with Crippen LogP contribution in [-0.2, 0) is 0 Å². The predicted octanol–water partition coefficient (Wildman–Crippen LogP) is 7.03. The smallest absolute Gasteiger partial charge is 0.159 e. The number of nitrogens with zero attached hydrogens (tertiary/aromatic N) is 3. The van der Waals surface area contributed by atoms with Gasteiger partial charge in [-0.1, -0.05) is 53.7 Å². The lowest BCUT2D eigenvalue weighted by molar-refractivity contribution is 0.604. The SMILES string of the molecule is CC(C)c1ccc(F)cc1.CC(C)c1ccc(F)cn1.CC(C)c1ncc(F)cn1. The first-order valence-corrected chi connectivity index (χ1v) is 9.94. The molecule has 0 fully saturated rings. The topological polar surface area (TPSA) is 38.7 Å². The van der Waals surface area contributed by atoms with Gasteiger partial charge in [-0.05, 0) is 41.7 Å². The third-order valence-electron chi connectivity index (χ3n) is 4.04. The largest absolute Gasteiger partial charge is 0.258 e. The molecule has 1 aromatic carbocycles. The second-order valence-corrected chi connectivity index (χ2v) is 7.68. The minimum atomic E-state index is -0.385. The molecule has 0 aliphatic rings. The number of aromatic nitrogens is 3. The molecule has 2 heterocycles. The molecule has 0 aliphatic carbocycles. The molecule has 0 saturated carbocycles. The van der Waals surface area contributed by atoms with E-state index in [-0.39, 0.29) is 23.4 Å². The van der Waals surface area contributed by atoms with E-state index in [0.29, 0.717) is 17.7 Å². The van der Waals surface area contributed by atoms with Crippen LogP contribution in [0.2, 0.25) is 0 Å². The number of hydrogen-bond acceptors (Lipinski definition) is 3. The number of halogens is 3. The lowest BCUT2D eigenvalue weighted by atomic mass is 10.0. The Balaban J connectivity index is 0.000000225. The normalized spacial score (nSPS) is 10.4. The van der Waals surface area contributed by atoms with Gasteiger partial charge in [0.25, 0.3) is 0 Å². The van der Waals surface area contributed by atoms with Crippen LogP contribution in [-0.4, -0.2) is 15.0 Å². The van der Waals surface area contributed by atoms with Crippen LogP contribution in [0.15, 0.2) is 55.0 Å². The Hall–Kier alpha value is -2.76. The number of benzene rings is 1. The van der Waals surface area contributed by atoms with Crippen molar-refractivity contribution in [2.45, 2.75) is 59.3 Å². The lowest BCUT2D eigenvalue weighted by Gasteiger charge is -2.02. The minimum absolute atomic E-state index is 0.163. The summed E-state index contributed by atoms with van der Waals surface area (Å²) in [6.45, 7) is 12.2. The van der Waals surface area contributed by atoms with Crippen molar-refractivity contribution in [1.29, 1.82) is 0 Å². The molecule has 0 bridgehead atoms. The van der Waals surface area contributed by atoms with Gasteiger partial charge >= 0.3 is 0 Å². The molecule has 0 aliphatic heterocycles. The quantitative estimate of drug-likeness (QED) is 0.459. The van der Waals surface area contributed by atoms with Crippen LogP contribution >= 0.6 is 0 Å². The van der Waals surface area contributed by atoms with Crippen molar-refractivity contribution >= 4 is 0 Å². The fourth-order valence-electron chi connectivity index (χ4n) is 2.20. The molecule has 6 heteroatoms. The van der Waals surface area contributed by atoms with Crippen LogP contribution in [0.25, 0.3) is 0 Å². The summed E-state index contributed by atoms with van der Waals surface area (Å²) in [5.74, 6) is 0.987. The Kier molecular flexibility index (Phi) is 10.7. The summed E-state index contributed by atoms with van der Waals surface area (Å²) in [5.41, 5.74) is 2.11. The fraction of sp³-hybridized carbons (Fsp3) is 0.375. The molecular formula is C24H30F3N3. The van der Waals surface area contributed by atoms with Gasteiger partial charge in [0.1, 0.15) is 17.5 Å². The average molecular weight is 418 g/mol. The van der Waals surface area contributed by atoms with Gasteiger partial charge in [0.05, 0.1) is 18.6 Å². The van der Waals surface area contributed by atoms with Gasteiger partial charge in [-0.2, -0.15) is 0 Å². The fourth-order valence-corrected chi connectivity index (χ4v) is 2.20. The van der Waals surface area contributed by atoms with E-state index in [9.17, 15) is 13.2 Å². The van der Waals surface area contributed by atoms with Gasteiger partial charge in [-0.3, -0.25) is 4.98 Å². The van der Waals surface area contributed by atoms with Crippen LogP contribution in [0.3, 0.4) is 0 Å². The van der Waals surface area contributed by atoms with Crippen LogP contribution in [0, 0.1) is 17.5 Å². The Morgan fingerprint density at radius 2 is 1.03 bits per heavy atom. The van der Waals surface area contributed by atoms with Crippen molar-refractivity contribution in [3.8, 4) is 0 Å². The highest BCUT2D eigenvalue weighted by atomic mass is 19.1. The third kappa shape index (κ3) is 9.63. The average Bonchev–Trinajstić information content (AvgIpc) is 2.70. The van der Waals surface area contributed by atoms with Gasteiger partial charge < -0.3 is 0 Å². The predicted molar refractivity (Wildman–Crippen MR) is 115 cm³/mol. The number of pyridine rings is 1. The molecule has 162 valence electrons. The van der Waals surface area contributed by atoms with Gasteiger partial charge in [0, 0.05) is 11.6 Å². The van der Waals surface area contributed by atoms with E-state index in [1.54, 1.807) is 6.07 Å². The first kappa shape index (κ1) is 25.3. The van der Waals surface area contributed by atoms with E-state index in [1.165, 1.54) is 42.4 Å². The molecule has 3 aromatic rings. The second kappa shape index (κ2) is 12.7. The van der Waals surface area contributed by atoms with Crippen LogP contribution in [0.4, 0.5) is 13.2 Å². The molecule has 3 nitrogen and oxygen atoms in total. The number of rotatable bonds is 3. The summed E-state index contributed by atoms with van der Waals surface area (Å²) < 4.78 is 36.9. The van der Waals surface area contributed by atoms with Gasteiger partial charge in [-0.25, -0.2) is 23.1 Å². The molecule has 2 aromatic heterocycles. The third-order valence-corrected chi connectivity index (χ3v) is 4.04. The van der Waals surface area contributed by atoms with E-state index in [2.05, 4.69) is 28.8 Å². The number of hydrogen-bond donors (Lipinski definition) is 0. The van der Waals surface area contributed by atoms with E-state index >= 15 is 0 Å². The minimum Gasteiger partial charge on any atom is -0.258 e. The zero-order valence-corrected chi connectivity index (χ0v) is 18.4. The van der Waals surface area contributed by atoms with Crippen molar-refractivity contribution in [3.63, 3.8) is 0 Å². The van der Waals surface area contributed by atoms with Gasteiger partial charge in [0.2, 0.25) is 0 Å². The highest BCUT2D eigenvalue weighted by Crippen LogP contribution is 2.13. The molecule has 0 N–H and O–H groups in total. The maximum absolute atomic E-state index is 12.4. The summed E-state index contributed by atoms with van der Waals surface area (Å²) in [6, 6.07) is 9.77. The first-order valence-electron chi connectivity index (χ1n) is 9.94. The Morgan fingerprint density at radius 1 is 0.533 bits per heavy atom. The van der Waals surface area contributed by atoms with Crippen molar-refractivity contribution in [3.05, 3.63) is 89.5 Å². The van der Waals surface area contributed by atoms with Gasteiger partial charge in [-0.15, -0.1) is 0 Å². The summed E-state index contributed by atoms with van der Waals surface area (Å²) in [6.07, 6.45) is 3.61. The summed E-state index contributed by atoms with van der Waals surface area (Å²) in [7, 11) is 0. The summed E-state index contributed by atoms with van der Waals surface area (Å²) in [4.78, 5) is 11.5. The zero-order valence-electron chi connectivity index (χ0n) is 18.4. The maximum Gasteiger partial charge on any atom is 0.159 e. The summed E-state index contributed by atoms with van der Waals surface area (Å²) >= 11 is 0. The van der Waals surface area contributed by atoms with Crippen LogP contribution < -0.4 is 0 Å². The standard InChI is InChI=1S/C9H11F.C8H10FN.C7H9FN2/c1-7(2)8-3-5-9(10)6-4-8;1-6(2)8-4-3-7(9)5-10-8;1-5(2)7-9-3-6(8)4-10-7/h3-7H,1-2H3;3-6H,1-2H3;3-5H,1-2H3. The van der Waals surface area contributed by atoms with E-state index in [4.69, 9.17) is 0 Å². The Labute approximate surface area is 177 Å². The van der Waals surface area contributed by atoms with E-state index < -0.39 is 0 Å². The monoisotopic (exact) mass is 417 g/mol. The van der Waals surface area contributed by atoms with Crippen molar-refractivity contribution in [1.82, 2.24) is 15.0 Å². The molecular weight excluding hydrogens is 387 g/mol. The van der Waals surface area contributed by atoms with Crippen molar-refractivity contribution in [2.24, 2.45) is 0 Å². The van der Waals surface area contributed by atoms with E-state index in [1.807, 2.05) is 39.8 Å².